The molecule has 0 aliphatic rings. The largest absolute Gasteiger partial charge is 0.219 e. The van der Waals surface area contributed by atoms with Gasteiger partial charge in [-0.05, 0) is 31.9 Å². The van der Waals surface area contributed by atoms with E-state index in [1.807, 2.05) is 0 Å². The fourth-order valence-corrected chi connectivity index (χ4v) is 1.89. The maximum Gasteiger partial charge on any atom is 0.183 e. The van der Waals surface area contributed by atoms with Crippen LogP contribution in [0.25, 0.3) is 11.5 Å². The monoisotopic (exact) mass is 303 g/mol. The molecular formula is C6H3Br2N5. The predicted molar refractivity (Wildman–Crippen MR) is 52.8 cm³/mol. The highest BCUT2D eigenvalue weighted by Crippen LogP contribution is 2.18. The molecular weight excluding hydrogens is 302 g/mol. The van der Waals surface area contributed by atoms with Crippen molar-refractivity contribution in [3.63, 3.8) is 0 Å². The minimum absolute atomic E-state index is 0.523. The van der Waals surface area contributed by atoms with Gasteiger partial charge in [-0.3, -0.25) is 0 Å². The van der Waals surface area contributed by atoms with E-state index in [4.69, 9.17) is 0 Å². The number of hydrogen-bond acceptors (Lipinski definition) is 4. The van der Waals surface area contributed by atoms with Gasteiger partial charge in [0.2, 0.25) is 0 Å². The summed E-state index contributed by atoms with van der Waals surface area (Å²) in [6.45, 7) is 0. The molecule has 2 heterocycles. The van der Waals surface area contributed by atoms with Crippen molar-refractivity contribution in [3.8, 4) is 11.5 Å². The Hall–Kier alpha value is -0.820. The molecule has 1 N–H and O–H groups in total. The van der Waals surface area contributed by atoms with Gasteiger partial charge in [0.1, 0.15) is 14.9 Å². The van der Waals surface area contributed by atoms with Crippen molar-refractivity contribution in [1.82, 2.24) is 25.4 Å². The van der Waals surface area contributed by atoms with Crippen LogP contribution in [0.2, 0.25) is 0 Å². The lowest BCUT2D eigenvalue weighted by Gasteiger charge is -1.96. The third-order valence-electron chi connectivity index (χ3n) is 1.31. The first-order valence-electron chi connectivity index (χ1n) is 3.32. The Kier molecular flexibility index (Phi) is 2.36. The van der Waals surface area contributed by atoms with Gasteiger partial charge in [0.05, 0.1) is 6.20 Å². The molecule has 0 aliphatic carbocycles. The Labute approximate surface area is 90.2 Å². The number of hydrogen-bond donors (Lipinski definition) is 1. The molecule has 0 saturated carbocycles. The van der Waals surface area contributed by atoms with Crippen LogP contribution >= 0.6 is 31.9 Å². The van der Waals surface area contributed by atoms with E-state index < -0.39 is 0 Å². The zero-order chi connectivity index (χ0) is 9.26. The average molecular weight is 305 g/mol. The van der Waals surface area contributed by atoms with E-state index in [-0.39, 0.29) is 0 Å². The Morgan fingerprint density at radius 1 is 1.15 bits per heavy atom. The van der Waals surface area contributed by atoms with Gasteiger partial charge in [-0.1, -0.05) is 0 Å². The zero-order valence-electron chi connectivity index (χ0n) is 6.20. The molecule has 5 nitrogen and oxygen atoms in total. The summed E-state index contributed by atoms with van der Waals surface area (Å²) < 4.78 is 1.40. The molecule has 66 valence electrons. The first-order valence-corrected chi connectivity index (χ1v) is 4.90. The quantitative estimate of drug-likeness (QED) is 0.816. The fraction of sp³-hybridized carbons (Fsp3) is 0. The van der Waals surface area contributed by atoms with Crippen LogP contribution in [0.15, 0.2) is 21.5 Å². The van der Waals surface area contributed by atoms with Crippen LogP contribution < -0.4 is 0 Å². The van der Waals surface area contributed by atoms with E-state index >= 15 is 0 Å². The van der Waals surface area contributed by atoms with Crippen LogP contribution in [0.1, 0.15) is 0 Å². The normalized spacial score (nSPS) is 10.3. The van der Waals surface area contributed by atoms with Crippen molar-refractivity contribution >= 4 is 31.9 Å². The van der Waals surface area contributed by atoms with Crippen LogP contribution in [0, 0.1) is 0 Å². The van der Waals surface area contributed by atoms with Gasteiger partial charge in [-0.25, -0.2) is 9.97 Å². The second-order valence-corrected chi connectivity index (χ2v) is 3.82. The highest BCUT2D eigenvalue weighted by molar-refractivity contribution is 9.11. The number of H-pyrrole nitrogens is 1. The lowest BCUT2D eigenvalue weighted by atomic mass is 10.4. The minimum atomic E-state index is 0.523. The van der Waals surface area contributed by atoms with Crippen molar-refractivity contribution in [2.45, 2.75) is 0 Å². The number of halogens is 2. The first kappa shape index (κ1) is 8.76. The molecule has 7 heteroatoms. The fourth-order valence-electron chi connectivity index (χ4n) is 0.814. The molecule has 0 spiro atoms. The van der Waals surface area contributed by atoms with Crippen molar-refractivity contribution < 1.29 is 0 Å². The smallest absolute Gasteiger partial charge is 0.183 e. The lowest BCUT2D eigenvalue weighted by molar-refractivity contribution is 0.937. The van der Waals surface area contributed by atoms with E-state index in [0.29, 0.717) is 20.7 Å². The molecule has 0 amide bonds. The molecule has 0 aromatic carbocycles. The van der Waals surface area contributed by atoms with Gasteiger partial charge in [-0.15, -0.1) is 0 Å². The summed E-state index contributed by atoms with van der Waals surface area (Å²) in [5, 5.41) is 10.0. The Morgan fingerprint density at radius 3 is 2.38 bits per heavy atom. The first-order chi connectivity index (χ1) is 6.25. The second kappa shape index (κ2) is 3.51. The highest BCUT2D eigenvalue weighted by atomic mass is 79.9. The molecule has 0 saturated heterocycles. The summed E-state index contributed by atoms with van der Waals surface area (Å²) in [7, 11) is 0. The van der Waals surface area contributed by atoms with Crippen LogP contribution in [-0.4, -0.2) is 25.4 Å². The van der Waals surface area contributed by atoms with Crippen LogP contribution in [0.4, 0.5) is 0 Å². The van der Waals surface area contributed by atoms with E-state index in [0.717, 1.165) is 0 Å². The predicted octanol–water partition coefficient (Wildman–Crippen LogP) is 1.79. The summed E-state index contributed by atoms with van der Waals surface area (Å²) in [6, 6.07) is 1.75. The summed E-state index contributed by atoms with van der Waals surface area (Å²) in [5.41, 5.74) is 0.613. The van der Waals surface area contributed by atoms with Crippen LogP contribution in [-0.2, 0) is 0 Å². The molecule has 0 bridgehead atoms. The number of aromatic nitrogens is 5. The van der Waals surface area contributed by atoms with E-state index in [2.05, 4.69) is 57.2 Å². The van der Waals surface area contributed by atoms with E-state index in [9.17, 15) is 0 Å². The minimum Gasteiger partial charge on any atom is -0.219 e. The number of aromatic amines is 1. The van der Waals surface area contributed by atoms with Gasteiger partial charge in [-0.2, -0.15) is 15.4 Å². The second-order valence-electron chi connectivity index (χ2n) is 2.19. The molecule has 13 heavy (non-hydrogen) atoms. The van der Waals surface area contributed by atoms with Crippen LogP contribution in [0.5, 0.6) is 0 Å². The molecule has 0 fully saturated rings. The zero-order valence-corrected chi connectivity index (χ0v) is 9.37. The summed E-state index contributed by atoms with van der Waals surface area (Å²) >= 11 is 6.52. The maximum absolute atomic E-state index is 4.13. The average Bonchev–Trinajstić information content (AvgIpc) is 2.53. The molecule has 2 aromatic rings. The third kappa shape index (κ3) is 1.92. The number of nitrogens with one attached hydrogen (secondary N) is 1. The van der Waals surface area contributed by atoms with Gasteiger partial charge in [0.15, 0.2) is 5.82 Å². The third-order valence-corrected chi connectivity index (χ3v) is 2.12. The van der Waals surface area contributed by atoms with Crippen molar-refractivity contribution in [1.29, 1.82) is 0 Å². The topological polar surface area (TPSA) is 67.3 Å². The summed E-state index contributed by atoms with van der Waals surface area (Å²) in [6.07, 6.45) is 1.56. The van der Waals surface area contributed by atoms with Crippen LogP contribution in [0.3, 0.4) is 0 Å². The summed E-state index contributed by atoms with van der Waals surface area (Å²) in [5.74, 6) is 0.523. The van der Waals surface area contributed by atoms with Crippen molar-refractivity contribution in [2.75, 3.05) is 0 Å². The van der Waals surface area contributed by atoms with Gasteiger partial charge < -0.3 is 0 Å². The molecule has 0 radical (unpaired) electrons. The Morgan fingerprint density at radius 2 is 1.85 bits per heavy atom. The lowest BCUT2D eigenvalue weighted by Crippen LogP contribution is -1.90. The number of nitrogens with zero attached hydrogens (tertiary/aromatic N) is 4. The number of rotatable bonds is 1. The molecule has 0 unspecified atom stereocenters. The van der Waals surface area contributed by atoms with Crippen molar-refractivity contribution in [2.24, 2.45) is 0 Å². The van der Waals surface area contributed by atoms with Crippen molar-refractivity contribution in [3.05, 3.63) is 21.5 Å². The van der Waals surface area contributed by atoms with Gasteiger partial charge in [0, 0.05) is 6.07 Å². The molecule has 0 atom stereocenters. The van der Waals surface area contributed by atoms with E-state index in [1.165, 1.54) is 0 Å². The Balaban J connectivity index is 2.53. The highest BCUT2D eigenvalue weighted by Gasteiger charge is 2.06. The summed E-state index contributed by atoms with van der Waals surface area (Å²) in [4.78, 5) is 8.26. The SMILES string of the molecule is Brc1cc(Br)nc(-c2cn[nH]n2)n1. The standard InChI is InChI=1S/C6H3Br2N5/c7-4-1-5(8)11-6(10-4)3-2-9-13-12-3/h1-2H,(H,9,12,13). The molecule has 2 aromatic heterocycles. The Bertz CT molecular complexity index is 393. The molecule has 2 rings (SSSR count). The maximum atomic E-state index is 4.13. The van der Waals surface area contributed by atoms with Gasteiger partial charge in [0.25, 0.3) is 0 Å². The van der Waals surface area contributed by atoms with Gasteiger partial charge >= 0.3 is 0 Å². The van der Waals surface area contributed by atoms with E-state index in [1.54, 1.807) is 12.3 Å². The molecule has 0 aliphatic heterocycles.